The van der Waals surface area contributed by atoms with Crippen molar-refractivity contribution >= 4 is 11.9 Å². The van der Waals surface area contributed by atoms with Crippen molar-refractivity contribution in [3.8, 4) is 0 Å². The van der Waals surface area contributed by atoms with Gasteiger partial charge in [-0.05, 0) is 89.9 Å². The molecule has 0 heterocycles. The molecule has 0 bridgehead atoms. The van der Waals surface area contributed by atoms with E-state index in [9.17, 15) is 19.8 Å². The van der Waals surface area contributed by atoms with E-state index in [1.54, 1.807) is 0 Å². The summed E-state index contributed by atoms with van der Waals surface area (Å²) in [6.45, 7) is 6.43. The van der Waals surface area contributed by atoms with E-state index in [1.165, 1.54) is 135 Å². The van der Waals surface area contributed by atoms with Crippen molar-refractivity contribution in [1.29, 1.82) is 0 Å². The van der Waals surface area contributed by atoms with Crippen LogP contribution in [0.5, 0.6) is 0 Å². The number of esters is 1. The molecule has 6 heteroatoms. The monoisotopic (exact) mass is 870 g/mol. The summed E-state index contributed by atoms with van der Waals surface area (Å²) in [7, 11) is 0. The summed E-state index contributed by atoms with van der Waals surface area (Å²) in [4.78, 5) is 26.1. The Hall–Kier alpha value is -2.18. The molecule has 0 radical (unpaired) electrons. The molecule has 0 saturated carbocycles. The second-order valence-electron chi connectivity index (χ2n) is 18.3. The molecule has 6 nitrogen and oxygen atoms in total. The predicted octanol–water partition coefficient (Wildman–Crippen LogP) is 16.2. The van der Waals surface area contributed by atoms with Crippen LogP contribution in [0.3, 0.4) is 0 Å². The molecule has 0 rings (SSSR count). The summed E-state index contributed by atoms with van der Waals surface area (Å²) in [6, 6.07) is -0.708. The lowest BCUT2D eigenvalue weighted by atomic mass is 10.0. The van der Waals surface area contributed by atoms with Gasteiger partial charge in [0.05, 0.1) is 25.2 Å². The van der Waals surface area contributed by atoms with Crippen molar-refractivity contribution in [2.75, 3.05) is 6.61 Å². The molecule has 362 valence electrons. The van der Waals surface area contributed by atoms with Gasteiger partial charge in [-0.15, -0.1) is 0 Å². The standard InChI is InChI=1S/C56H103NO5/c1-4-7-10-13-16-19-22-24-26-27-28-29-30-32-34-37-40-43-46-49-56(61)62-52(47-44-41-38-35-21-18-15-12-9-6-3)50-55(60)57-53(51-58)54(59)48-45-42-39-36-33-31-25-23-20-17-14-11-8-5-2/h16,18-19,21,24,26,28-29,52-54,58-59H,4-15,17,20,22-23,25,27,30-51H2,1-3H3,(H,57,60)/b19-16-,21-18-,26-24-,29-28-. The van der Waals surface area contributed by atoms with Crippen LogP contribution in [-0.2, 0) is 14.3 Å². The van der Waals surface area contributed by atoms with Crippen molar-refractivity contribution < 1.29 is 24.5 Å². The summed E-state index contributed by atoms with van der Waals surface area (Å²) in [5.41, 5.74) is 0. The zero-order valence-corrected chi connectivity index (χ0v) is 41.3. The van der Waals surface area contributed by atoms with E-state index in [0.29, 0.717) is 19.3 Å². The molecule has 0 aromatic carbocycles. The van der Waals surface area contributed by atoms with Gasteiger partial charge in [-0.3, -0.25) is 9.59 Å². The molecule has 0 saturated heterocycles. The second kappa shape index (κ2) is 49.8. The zero-order chi connectivity index (χ0) is 45.2. The van der Waals surface area contributed by atoms with E-state index in [1.807, 2.05) is 0 Å². The van der Waals surface area contributed by atoms with Gasteiger partial charge in [-0.2, -0.15) is 0 Å². The Balaban J connectivity index is 4.49. The Morgan fingerprint density at radius 2 is 0.823 bits per heavy atom. The Morgan fingerprint density at radius 3 is 1.31 bits per heavy atom. The number of unbranched alkanes of at least 4 members (excludes halogenated alkanes) is 28. The van der Waals surface area contributed by atoms with E-state index in [2.05, 4.69) is 74.7 Å². The van der Waals surface area contributed by atoms with Crippen molar-refractivity contribution in [3.05, 3.63) is 48.6 Å². The van der Waals surface area contributed by atoms with Gasteiger partial charge in [-0.25, -0.2) is 0 Å². The molecule has 62 heavy (non-hydrogen) atoms. The van der Waals surface area contributed by atoms with Crippen LogP contribution in [-0.4, -0.2) is 46.9 Å². The van der Waals surface area contributed by atoms with Gasteiger partial charge < -0.3 is 20.3 Å². The topological polar surface area (TPSA) is 95.9 Å². The van der Waals surface area contributed by atoms with Crippen LogP contribution in [0.4, 0.5) is 0 Å². The molecule has 0 aliphatic carbocycles. The summed E-state index contributed by atoms with van der Waals surface area (Å²) in [5.74, 6) is -0.499. The number of aliphatic hydroxyl groups is 2. The molecular formula is C56H103NO5. The number of nitrogens with one attached hydrogen (secondary N) is 1. The maximum Gasteiger partial charge on any atom is 0.306 e. The fraction of sp³-hybridized carbons (Fsp3) is 0.821. The van der Waals surface area contributed by atoms with Crippen LogP contribution in [0.25, 0.3) is 0 Å². The minimum atomic E-state index is -0.793. The first kappa shape index (κ1) is 59.8. The Morgan fingerprint density at radius 1 is 0.468 bits per heavy atom. The third-order valence-electron chi connectivity index (χ3n) is 12.1. The fourth-order valence-corrected chi connectivity index (χ4v) is 8.02. The molecule has 3 unspecified atom stereocenters. The first-order valence-corrected chi connectivity index (χ1v) is 26.9. The number of aliphatic hydroxyl groups excluding tert-OH is 2. The van der Waals surface area contributed by atoms with Crippen molar-refractivity contribution in [3.63, 3.8) is 0 Å². The van der Waals surface area contributed by atoms with Crippen LogP contribution >= 0.6 is 0 Å². The molecule has 1 amide bonds. The van der Waals surface area contributed by atoms with Gasteiger partial charge in [0.1, 0.15) is 6.10 Å². The number of rotatable bonds is 48. The smallest absolute Gasteiger partial charge is 0.306 e. The highest BCUT2D eigenvalue weighted by Gasteiger charge is 2.24. The number of carbonyl (C=O) groups is 2. The maximum atomic E-state index is 13.2. The van der Waals surface area contributed by atoms with E-state index in [-0.39, 0.29) is 24.9 Å². The Kier molecular flexibility index (Phi) is 48.1. The number of ether oxygens (including phenoxy) is 1. The van der Waals surface area contributed by atoms with Crippen molar-refractivity contribution in [2.45, 2.75) is 289 Å². The highest BCUT2D eigenvalue weighted by Crippen LogP contribution is 2.18. The van der Waals surface area contributed by atoms with Crippen LogP contribution in [0.1, 0.15) is 271 Å². The Bertz CT molecular complexity index is 1070. The van der Waals surface area contributed by atoms with Gasteiger partial charge in [-0.1, -0.05) is 217 Å². The summed E-state index contributed by atoms with van der Waals surface area (Å²) >= 11 is 0. The quantitative estimate of drug-likeness (QED) is 0.0322. The molecule has 0 fully saturated rings. The second-order valence-corrected chi connectivity index (χ2v) is 18.3. The van der Waals surface area contributed by atoms with Crippen LogP contribution in [0.15, 0.2) is 48.6 Å². The predicted molar refractivity (Wildman–Crippen MR) is 269 cm³/mol. The largest absolute Gasteiger partial charge is 0.462 e. The zero-order valence-electron chi connectivity index (χ0n) is 41.3. The molecule has 3 atom stereocenters. The van der Waals surface area contributed by atoms with Gasteiger partial charge >= 0.3 is 5.97 Å². The van der Waals surface area contributed by atoms with E-state index in [0.717, 1.165) is 89.9 Å². The van der Waals surface area contributed by atoms with Gasteiger partial charge in [0.25, 0.3) is 0 Å². The number of hydrogen-bond acceptors (Lipinski definition) is 5. The number of allylic oxidation sites excluding steroid dienone is 8. The first-order chi connectivity index (χ1) is 30.5. The number of hydrogen-bond donors (Lipinski definition) is 3. The van der Waals surface area contributed by atoms with Crippen LogP contribution < -0.4 is 5.32 Å². The minimum absolute atomic E-state index is 0.0619. The first-order valence-electron chi connectivity index (χ1n) is 26.9. The van der Waals surface area contributed by atoms with Crippen molar-refractivity contribution in [2.24, 2.45) is 0 Å². The number of carbonyl (C=O) groups excluding carboxylic acids is 2. The lowest BCUT2D eigenvalue weighted by Gasteiger charge is -2.24. The highest BCUT2D eigenvalue weighted by molar-refractivity contribution is 5.77. The normalized spacial score (nSPS) is 13.6. The van der Waals surface area contributed by atoms with Gasteiger partial charge in [0.2, 0.25) is 5.91 Å². The summed E-state index contributed by atoms with van der Waals surface area (Å²) < 4.78 is 5.92. The Labute approximate surface area is 385 Å². The third kappa shape index (κ3) is 44.4. The average Bonchev–Trinajstić information content (AvgIpc) is 3.26. The molecule has 0 aliphatic heterocycles. The molecule has 3 N–H and O–H groups in total. The highest BCUT2D eigenvalue weighted by atomic mass is 16.5. The fourth-order valence-electron chi connectivity index (χ4n) is 8.02. The SMILES string of the molecule is CCCCC/C=C\C/C=C\C/C=C\CCCCCCCCC(=O)OC(CCCCC/C=C\CCCCC)CC(=O)NC(CO)C(O)CCCCCCCCCCCCCCCC. The maximum absolute atomic E-state index is 13.2. The molecule has 0 spiro atoms. The van der Waals surface area contributed by atoms with E-state index in [4.69, 9.17) is 4.74 Å². The average molecular weight is 870 g/mol. The lowest BCUT2D eigenvalue weighted by Crippen LogP contribution is -2.46. The van der Waals surface area contributed by atoms with Gasteiger partial charge in [0, 0.05) is 6.42 Å². The minimum Gasteiger partial charge on any atom is -0.462 e. The van der Waals surface area contributed by atoms with E-state index < -0.39 is 18.2 Å². The molecular weight excluding hydrogens is 767 g/mol. The molecule has 0 aromatic rings. The number of amides is 1. The molecule has 0 aliphatic rings. The molecule has 0 aromatic heterocycles. The van der Waals surface area contributed by atoms with Crippen LogP contribution in [0.2, 0.25) is 0 Å². The van der Waals surface area contributed by atoms with Gasteiger partial charge in [0.15, 0.2) is 0 Å². The van der Waals surface area contributed by atoms with E-state index >= 15 is 0 Å². The van der Waals surface area contributed by atoms with Crippen molar-refractivity contribution in [1.82, 2.24) is 5.32 Å². The third-order valence-corrected chi connectivity index (χ3v) is 12.1. The van der Waals surface area contributed by atoms with Crippen LogP contribution in [0, 0.1) is 0 Å². The summed E-state index contributed by atoms with van der Waals surface area (Å²) in [6.07, 6.45) is 60.3. The summed E-state index contributed by atoms with van der Waals surface area (Å²) in [5, 5.41) is 23.8. The lowest BCUT2D eigenvalue weighted by molar-refractivity contribution is -0.151.